The summed E-state index contributed by atoms with van der Waals surface area (Å²) in [6.07, 6.45) is 0.375. The summed E-state index contributed by atoms with van der Waals surface area (Å²) in [6.45, 7) is 10.1. The van der Waals surface area contributed by atoms with E-state index in [4.69, 9.17) is 9.72 Å². The average molecular weight is 413 g/mol. The molecule has 6 heteroatoms. The van der Waals surface area contributed by atoms with Crippen LogP contribution in [0.5, 0.6) is 5.75 Å². The van der Waals surface area contributed by atoms with Gasteiger partial charge in [-0.15, -0.1) is 0 Å². The van der Waals surface area contributed by atoms with Crippen LogP contribution in [0.1, 0.15) is 25.0 Å². The quantitative estimate of drug-likeness (QED) is 0.587. The van der Waals surface area contributed by atoms with Gasteiger partial charge in [0.1, 0.15) is 11.3 Å². The van der Waals surface area contributed by atoms with Crippen molar-refractivity contribution in [3.05, 3.63) is 53.6 Å². The Kier molecular flexibility index (Phi) is 7.23. The van der Waals surface area contributed by atoms with Crippen molar-refractivity contribution < 1.29 is 14.4 Å². The number of aryl methyl sites for hydroxylation is 1. The molecule has 1 aromatic heterocycles. The van der Waals surface area contributed by atoms with E-state index in [0.29, 0.717) is 13.0 Å². The standard InChI is InChI=1S/C23H29N3O2S/c1-5-25(6-2)14-15-26(20(27)16-18-10-8-7-9-11-18)23-24-21-19(28-4)13-12-17(3)22(21)29-23/h7-13H,5-6,14-16H2,1-4H3/p+1. The maximum absolute atomic E-state index is 13.3. The Morgan fingerprint density at radius 1 is 1.14 bits per heavy atom. The number of anilines is 1. The number of nitrogens with one attached hydrogen (secondary N) is 1. The molecule has 0 radical (unpaired) electrons. The van der Waals surface area contributed by atoms with Crippen molar-refractivity contribution in [3.63, 3.8) is 0 Å². The lowest BCUT2D eigenvalue weighted by atomic mass is 10.1. The summed E-state index contributed by atoms with van der Waals surface area (Å²) in [5.74, 6) is 0.830. The van der Waals surface area contributed by atoms with E-state index < -0.39 is 0 Å². The molecular formula is C23H30N3O2S+. The highest BCUT2D eigenvalue weighted by atomic mass is 32.1. The summed E-state index contributed by atoms with van der Waals surface area (Å²) in [4.78, 5) is 21.4. The zero-order chi connectivity index (χ0) is 20.8. The van der Waals surface area contributed by atoms with Crippen LogP contribution in [0.15, 0.2) is 42.5 Å². The minimum absolute atomic E-state index is 0.0819. The van der Waals surface area contributed by atoms with Crippen LogP contribution in [0.25, 0.3) is 10.2 Å². The molecule has 0 aliphatic carbocycles. The molecule has 0 fully saturated rings. The number of aromatic nitrogens is 1. The number of nitrogens with zero attached hydrogens (tertiary/aromatic N) is 2. The maximum Gasteiger partial charge on any atom is 0.233 e. The van der Waals surface area contributed by atoms with Crippen molar-refractivity contribution in [3.8, 4) is 5.75 Å². The van der Waals surface area contributed by atoms with Crippen LogP contribution in [0.4, 0.5) is 5.13 Å². The van der Waals surface area contributed by atoms with Crippen molar-refractivity contribution in [1.82, 2.24) is 4.98 Å². The number of fused-ring (bicyclic) bond motifs is 1. The van der Waals surface area contributed by atoms with E-state index in [1.54, 1.807) is 18.4 Å². The van der Waals surface area contributed by atoms with Gasteiger partial charge in [-0.05, 0) is 38.0 Å². The summed E-state index contributed by atoms with van der Waals surface area (Å²) < 4.78 is 6.58. The topological polar surface area (TPSA) is 46.9 Å². The van der Waals surface area contributed by atoms with Crippen LogP contribution < -0.4 is 14.5 Å². The smallest absolute Gasteiger partial charge is 0.233 e. The lowest BCUT2D eigenvalue weighted by Crippen LogP contribution is -3.12. The largest absolute Gasteiger partial charge is 0.494 e. The zero-order valence-corrected chi connectivity index (χ0v) is 18.5. The summed E-state index contributed by atoms with van der Waals surface area (Å²) in [6, 6.07) is 13.9. The van der Waals surface area contributed by atoms with Gasteiger partial charge in [-0.3, -0.25) is 9.69 Å². The Morgan fingerprint density at radius 3 is 2.52 bits per heavy atom. The molecule has 1 heterocycles. The van der Waals surface area contributed by atoms with E-state index in [1.165, 1.54) is 4.90 Å². The van der Waals surface area contributed by atoms with Gasteiger partial charge in [-0.25, -0.2) is 4.98 Å². The Hall–Kier alpha value is -2.44. The molecular weight excluding hydrogens is 382 g/mol. The van der Waals surface area contributed by atoms with Crippen molar-refractivity contribution >= 4 is 32.6 Å². The van der Waals surface area contributed by atoms with Crippen molar-refractivity contribution in [2.75, 3.05) is 38.2 Å². The minimum Gasteiger partial charge on any atom is -0.494 e. The summed E-state index contributed by atoms with van der Waals surface area (Å²) in [5.41, 5.74) is 3.00. The number of carbonyl (C=O) groups excluding carboxylic acids is 1. The first-order valence-corrected chi connectivity index (χ1v) is 11.0. The maximum atomic E-state index is 13.3. The third-order valence-corrected chi connectivity index (χ3v) is 6.54. The van der Waals surface area contributed by atoms with Crippen LogP contribution >= 0.6 is 11.3 Å². The molecule has 0 spiro atoms. The number of rotatable bonds is 9. The lowest BCUT2D eigenvalue weighted by Gasteiger charge is -2.23. The Bertz CT molecular complexity index is 951. The fourth-order valence-corrected chi connectivity index (χ4v) is 4.54. The molecule has 29 heavy (non-hydrogen) atoms. The molecule has 2 aromatic carbocycles. The fourth-order valence-electron chi connectivity index (χ4n) is 3.44. The van der Waals surface area contributed by atoms with Crippen LogP contribution in [-0.2, 0) is 11.2 Å². The monoisotopic (exact) mass is 412 g/mol. The molecule has 0 aliphatic heterocycles. The average Bonchev–Trinajstić information content (AvgIpc) is 3.18. The van der Waals surface area contributed by atoms with Crippen LogP contribution in [0, 0.1) is 6.92 Å². The highest BCUT2D eigenvalue weighted by Crippen LogP contribution is 2.36. The Labute approximate surface area is 176 Å². The van der Waals surface area contributed by atoms with E-state index in [9.17, 15) is 4.79 Å². The number of likely N-dealkylation sites (N-methyl/N-ethyl adjacent to an activating group) is 1. The number of benzene rings is 2. The van der Waals surface area contributed by atoms with Crippen LogP contribution in [-0.4, -0.2) is 44.2 Å². The van der Waals surface area contributed by atoms with E-state index >= 15 is 0 Å². The number of carbonyl (C=O) groups is 1. The van der Waals surface area contributed by atoms with Crippen molar-refractivity contribution in [2.24, 2.45) is 0 Å². The SMILES string of the molecule is CC[NH+](CC)CCN(C(=O)Cc1ccccc1)c1nc2c(OC)ccc(C)c2s1. The Morgan fingerprint density at radius 2 is 1.86 bits per heavy atom. The highest BCUT2D eigenvalue weighted by Gasteiger charge is 2.23. The number of thiazole rings is 1. The van der Waals surface area contributed by atoms with E-state index in [2.05, 4.69) is 20.8 Å². The number of hydrogen-bond donors (Lipinski definition) is 1. The van der Waals surface area contributed by atoms with E-state index in [-0.39, 0.29) is 5.91 Å². The number of methoxy groups -OCH3 is 1. The fraction of sp³-hybridized carbons (Fsp3) is 0.391. The summed E-state index contributed by atoms with van der Waals surface area (Å²) in [7, 11) is 1.66. The molecule has 0 saturated carbocycles. The second-order valence-electron chi connectivity index (χ2n) is 7.17. The van der Waals surface area contributed by atoms with E-state index in [1.807, 2.05) is 47.4 Å². The molecule has 3 aromatic rings. The van der Waals surface area contributed by atoms with Gasteiger partial charge in [0.05, 0.1) is 44.4 Å². The zero-order valence-electron chi connectivity index (χ0n) is 17.7. The van der Waals surface area contributed by atoms with Gasteiger partial charge < -0.3 is 9.64 Å². The first-order chi connectivity index (χ1) is 14.1. The van der Waals surface area contributed by atoms with Crippen LogP contribution in [0.2, 0.25) is 0 Å². The number of amides is 1. The molecule has 154 valence electrons. The molecule has 0 aliphatic rings. The van der Waals surface area contributed by atoms with Crippen LogP contribution in [0.3, 0.4) is 0 Å². The van der Waals surface area contributed by atoms with Crippen molar-refractivity contribution in [2.45, 2.75) is 27.2 Å². The molecule has 0 atom stereocenters. The highest BCUT2D eigenvalue weighted by molar-refractivity contribution is 7.22. The van der Waals surface area contributed by atoms with Gasteiger partial charge in [-0.2, -0.15) is 0 Å². The number of ether oxygens (including phenoxy) is 1. The molecule has 0 saturated heterocycles. The predicted octanol–water partition coefficient (Wildman–Crippen LogP) is 3.11. The lowest BCUT2D eigenvalue weighted by molar-refractivity contribution is -0.894. The summed E-state index contributed by atoms with van der Waals surface area (Å²) in [5, 5.41) is 0.750. The molecule has 0 unspecified atom stereocenters. The van der Waals surface area contributed by atoms with Gasteiger partial charge in [0, 0.05) is 0 Å². The van der Waals surface area contributed by atoms with Gasteiger partial charge >= 0.3 is 0 Å². The predicted molar refractivity (Wildman–Crippen MR) is 120 cm³/mol. The normalized spacial score (nSPS) is 11.2. The molecule has 0 bridgehead atoms. The minimum atomic E-state index is 0.0819. The molecule has 1 amide bonds. The third-order valence-electron chi connectivity index (χ3n) is 5.33. The second-order valence-corrected chi connectivity index (χ2v) is 8.15. The first kappa shape index (κ1) is 21.3. The van der Waals surface area contributed by atoms with Gasteiger partial charge in [0.15, 0.2) is 5.13 Å². The second kappa shape index (κ2) is 9.85. The summed E-state index contributed by atoms with van der Waals surface area (Å²) >= 11 is 1.57. The Balaban J connectivity index is 1.94. The third kappa shape index (κ3) is 4.95. The van der Waals surface area contributed by atoms with Gasteiger partial charge in [-0.1, -0.05) is 47.7 Å². The molecule has 3 rings (SSSR count). The van der Waals surface area contributed by atoms with Gasteiger partial charge in [0.25, 0.3) is 0 Å². The molecule has 1 N–H and O–H groups in total. The number of hydrogen-bond acceptors (Lipinski definition) is 4. The first-order valence-electron chi connectivity index (χ1n) is 10.2. The van der Waals surface area contributed by atoms with Gasteiger partial charge in [0.2, 0.25) is 5.91 Å². The van der Waals surface area contributed by atoms with Crippen molar-refractivity contribution in [1.29, 1.82) is 0 Å². The van der Waals surface area contributed by atoms with E-state index in [0.717, 1.165) is 51.9 Å². The number of quaternary nitrogens is 1. The molecule has 5 nitrogen and oxygen atoms in total.